The van der Waals surface area contributed by atoms with Gasteiger partial charge in [-0.05, 0) is 51.1 Å². The number of nitrogens with zero attached hydrogens (tertiary/aromatic N) is 1. The zero-order chi connectivity index (χ0) is 15.3. The Morgan fingerprint density at radius 3 is 2.20 bits per heavy atom. The van der Waals surface area contributed by atoms with Crippen molar-refractivity contribution in [2.45, 2.75) is 38.1 Å². The van der Waals surface area contributed by atoms with E-state index >= 15 is 0 Å². The van der Waals surface area contributed by atoms with Crippen molar-refractivity contribution in [1.29, 1.82) is 0 Å². The predicted molar refractivity (Wildman–Crippen MR) is 82.9 cm³/mol. The highest BCUT2D eigenvalue weighted by molar-refractivity contribution is 5.79. The topological polar surface area (TPSA) is 40.5 Å². The molecule has 0 heterocycles. The van der Waals surface area contributed by atoms with E-state index in [0.717, 1.165) is 24.0 Å². The van der Waals surface area contributed by atoms with Gasteiger partial charge in [0.2, 0.25) is 0 Å². The van der Waals surface area contributed by atoms with E-state index in [1.165, 1.54) is 0 Å². The Labute approximate surface area is 121 Å². The second kappa shape index (κ2) is 6.71. The summed E-state index contributed by atoms with van der Waals surface area (Å²) in [6.45, 7) is 7.89. The number of phenols is 1. The molecule has 1 aromatic carbocycles. The summed E-state index contributed by atoms with van der Waals surface area (Å²) in [4.78, 5) is 13.6. The molecule has 1 fully saturated rings. The lowest BCUT2D eigenvalue weighted by Gasteiger charge is -2.43. The number of Topliss-reactive ketones (excluding diaryl/α,β-unsaturated/α-hetero) is 1. The van der Waals surface area contributed by atoms with Crippen molar-refractivity contribution >= 4 is 5.78 Å². The quantitative estimate of drug-likeness (QED) is 0.841. The van der Waals surface area contributed by atoms with Crippen LogP contribution in [-0.2, 0) is 10.3 Å². The van der Waals surface area contributed by atoms with Crippen LogP contribution in [-0.4, -0.2) is 29.9 Å². The van der Waals surface area contributed by atoms with Crippen LogP contribution in [0.1, 0.15) is 36.8 Å². The Kier molecular flexibility index (Phi) is 5.52. The Bertz CT molecular complexity index is 470. The molecular weight excluding hydrogens is 250 g/mol. The first kappa shape index (κ1) is 16.4. The van der Waals surface area contributed by atoms with E-state index in [0.29, 0.717) is 24.4 Å². The summed E-state index contributed by atoms with van der Waals surface area (Å²) in [6, 6.07) is 5.88. The highest BCUT2D eigenvalue weighted by atomic mass is 16.3. The maximum Gasteiger partial charge on any atom is 0.133 e. The van der Waals surface area contributed by atoms with Gasteiger partial charge in [-0.3, -0.25) is 9.69 Å². The maximum atomic E-state index is 11.5. The van der Waals surface area contributed by atoms with Crippen LogP contribution < -0.4 is 0 Å². The molecule has 0 radical (unpaired) electrons. The second-order valence-corrected chi connectivity index (χ2v) is 5.47. The first-order valence-electron chi connectivity index (χ1n) is 6.95. The summed E-state index contributed by atoms with van der Waals surface area (Å²) in [5, 5.41) is 9.89. The fourth-order valence-corrected chi connectivity index (χ4v) is 2.84. The van der Waals surface area contributed by atoms with Crippen molar-refractivity contribution in [3.05, 3.63) is 42.5 Å². The number of ketones is 1. The summed E-state index contributed by atoms with van der Waals surface area (Å²) < 4.78 is 0. The standard InChI is InChI=1S/C15H21NO2.C2H4/c1-11-4-5-12(10-14(11)18)15(16(2)3)8-6-13(17)7-9-15;1-2/h4-5,10,18H,6-9H2,1-3H3;1-2H2. The lowest BCUT2D eigenvalue weighted by molar-refractivity contribution is -0.122. The predicted octanol–water partition coefficient (Wildman–Crippen LogP) is 3.40. The average Bonchev–Trinajstić information content (AvgIpc) is 2.45. The van der Waals surface area contributed by atoms with E-state index in [9.17, 15) is 9.90 Å². The van der Waals surface area contributed by atoms with Crippen LogP contribution >= 0.6 is 0 Å². The number of benzene rings is 1. The average molecular weight is 275 g/mol. The summed E-state index contributed by atoms with van der Waals surface area (Å²) >= 11 is 0. The van der Waals surface area contributed by atoms with Gasteiger partial charge in [-0.25, -0.2) is 0 Å². The fraction of sp³-hybridized carbons (Fsp3) is 0.471. The Hall–Kier alpha value is -1.61. The molecular formula is C17H25NO2. The number of aryl methyl sites for hydroxylation is 1. The maximum absolute atomic E-state index is 11.5. The lowest BCUT2D eigenvalue weighted by atomic mass is 9.75. The molecule has 20 heavy (non-hydrogen) atoms. The number of hydrogen-bond acceptors (Lipinski definition) is 3. The molecule has 1 aromatic rings. The number of hydrogen-bond donors (Lipinski definition) is 1. The second-order valence-electron chi connectivity index (χ2n) is 5.47. The third-order valence-corrected chi connectivity index (χ3v) is 4.24. The van der Waals surface area contributed by atoms with E-state index < -0.39 is 0 Å². The van der Waals surface area contributed by atoms with Crippen molar-refractivity contribution in [2.75, 3.05) is 14.1 Å². The monoisotopic (exact) mass is 275 g/mol. The van der Waals surface area contributed by atoms with Crippen LogP contribution in [0.15, 0.2) is 31.4 Å². The van der Waals surface area contributed by atoms with Crippen LogP contribution in [0.2, 0.25) is 0 Å². The number of carbonyl (C=O) groups is 1. The van der Waals surface area contributed by atoms with Crippen molar-refractivity contribution < 1.29 is 9.90 Å². The first-order valence-corrected chi connectivity index (χ1v) is 6.95. The minimum Gasteiger partial charge on any atom is -0.508 e. The van der Waals surface area contributed by atoms with Crippen LogP contribution in [0.5, 0.6) is 5.75 Å². The molecule has 110 valence electrons. The highest BCUT2D eigenvalue weighted by Crippen LogP contribution is 2.41. The van der Waals surface area contributed by atoms with Crippen LogP contribution in [0, 0.1) is 6.92 Å². The van der Waals surface area contributed by atoms with Gasteiger partial charge in [0.15, 0.2) is 0 Å². The Morgan fingerprint density at radius 1 is 1.20 bits per heavy atom. The van der Waals surface area contributed by atoms with Gasteiger partial charge in [-0.1, -0.05) is 12.1 Å². The van der Waals surface area contributed by atoms with Crippen molar-refractivity contribution in [3.63, 3.8) is 0 Å². The number of carbonyl (C=O) groups excluding carboxylic acids is 1. The molecule has 1 N–H and O–H groups in total. The third-order valence-electron chi connectivity index (χ3n) is 4.24. The molecule has 2 rings (SSSR count). The molecule has 0 spiro atoms. The fourth-order valence-electron chi connectivity index (χ4n) is 2.84. The molecule has 1 aliphatic rings. The van der Waals surface area contributed by atoms with Gasteiger partial charge >= 0.3 is 0 Å². The Morgan fingerprint density at radius 2 is 1.75 bits per heavy atom. The van der Waals surface area contributed by atoms with Crippen molar-refractivity contribution in [3.8, 4) is 5.75 Å². The van der Waals surface area contributed by atoms with E-state index in [1.807, 2.05) is 33.2 Å². The molecule has 0 unspecified atom stereocenters. The lowest BCUT2D eigenvalue weighted by Crippen LogP contribution is -2.44. The molecule has 1 saturated carbocycles. The van der Waals surface area contributed by atoms with Gasteiger partial charge in [-0.2, -0.15) is 0 Å². The minimum absolute atomic E-state index is 0.112. The largest absolute Gasteiger partial charge is 0.508 e. The summed E-state index contributed by atoms with van der Waals surface area (Å²) in [5.74, 6) is 0.689. The SMILES string of the molecule is C=C.Cc1ccc(C2(N(C)C)CCC(=O)CC2)cc1O. The van der Waals surface area contributed by atoms with Gasteiger partial charge < -0.3 is 5.11 Å². The summed E-state index contributed by atoms with van der Waals surface area (Å²) in [5.41, 5.74) is 1.89. The number of phenolic OH excluding ortho intramolecular Hbond substituents is 1. The van der Waals surface area contributed by atoms with E-state index in [1.54, 1.807) is 0 Å². The first-order chi connectivity index (χ1) is 9.45. The molecule has 0 amide bonds. The van der Waals surface area contributed by atoms with E-state index in [2.05, 4.69) is 24.1 Å². The highest BCUT2D eigenvalue weighted by Gasteiger charge is 2.38. The molecule has 0 aliphatic heterocycles. The summed E-state index contributed by atoms with van der Waals surface area (Å²) in [6.07, 6.45) is 2.93. The van der Waals surface area contributed by atoms with Crippen molar-refractivity contribution in [2.24, 2.45) is 0 Å². The Balaban J connectivity index is 0.000000956. The van der Waals surface area contributed by atoms with Crippen LogP contribution in [0.25, 0.3) is 0 Å². The minimum atomic E-state index is -0.112. The number of rotatable bonds is 2. The summed E-state index contributed by atoms with van der Waals surface area (Å²) in [7, 11) is 4.10. The molecule has 0 aromatic heterocycles. The van der Waals surface area contributed by atoms with Crippen LogP contribution in [0.3, 0.4) is 0 Å². The molecule has 1 aliphatic carbocycles. The molecule has 0 saturated heterocycles. The number of aromatic hydroxyl groups is 1. The molecule has 3 heteroatoms. The molecule has 3 nitrogen and oxygen atoms in total. The van der Waals surface area contributed by atoms with Gasteiger partial charge in [0.25, 0.3) is 0 Å². The molecule has 0 atom stereocenters. The zero-order valence-corrected chi connectivity index (χ0v) is 12.8. The zero-order valence-electron chi connectivity index (χ0n) is 12.8. The van der Waals surface area contributed by atoms with Gasteiger partial charge in [0, 0.05) is 18.4 Å². The van der Waals surface area contributed by atoms with Gasteiger partial charge in [0.05, 0.1) is 0 Å². The van der Waals surface area contributed by atoms with Gasteiger partial charge in [-0.15, -0.1) is 13.2 Å². The third kappa shape index (κ3) is 3.10. The van der Waals surface area contributed by atoms with Crippen LogP contribution in [0.4, 0.5) is 0 Å². The molecule has 0 bridgehead atoms. The van der Waals surface area contributed by atoms with E-state index in [4.69, 9.17) is 0 Å². The normalized spacial score (nSPS) is 17.5. The smallest absolute Gasteiger partial charge is 0.133 e. The van der Waals surface area contributed by atoms with Crippen molar-refractivity contribution in [1.82, 2.24) is 4.90 Å². The van der Waals surface area contributed by atoms with Gasteiger partial charge in [0.1, 0.15) is 11.5 Å². The van der Waals surface area contributed by atoms with E-state index in [-0.39, 0.29) is 5.54 Å².